The van der Waals surface area contributed by atoms with Gasteiger partial charge in [0, 0.05) is 13.0 Å². The van der Waals surface area contributed by atoms with Gasteiger partial charge in [-0.25, -0.2) is 0 Å². The van der Waals surface area contributed by atoms with E-state index in [4.69, 9.17) is 4.74 Å². The highest BCUT2D eigenvalue weighted by molar-refractivity contribution is 5.82. The zero-order valence-electron chi connectivity index (χ0n) is 5.85. The van der Waals surface area contributed by atoms with Crippen molar-refractivity contribution in [3.8, 4) is 0 Å². The van der Waals surface area contributed by atoms with E-state index in [1.54, 1.807) is 0 Å². The second-order valence-corrected chi connectivity index (χ2v) is 3.11. The maximum absolute atomic E-state index is 10.9. The van der Waals surface area contributed by atoms with Crippen LogP contribution in [0.5, 0.6) is 0 Å². The number of hydrogen-bond donors (Lipinski definition) is 1. The second-order valence-electron chi connectivity index (χ2n) is 3.11. The summed E-state index contributed by atoms with van der Waals surface area (Å²) in [5.74, 6) is 0.253. The zero-order valence-corrected chi connectivity index (χ0v) is 5.85. The Morgan fingerprint density at radius 1 is 1.60 bits per heavy atom. The lowest BCUT2D eigenvalue weighted by Crippen LogP contribution is -2.30. The number of Topliss-reactive ketones (excluding diaryl/α,β-unsaturated/α-hetero) is 1. The zero-order chi connectivity index (χ0) is 7.03. The molecule has 2 aliphatic rings. The van der Waals surface area contributed by atoms with E-state index in [1.807, 2.05) is 0 Å². The SMILES string of the molecule is O=C1COC2(CCNC2)C1. The number of ketones is 1. The van der Waals surface area contributed by atoms with Gasteiger partial charge in [-0.15, -0.1) is 0 Å². The van der Waals surface area contributed by atoms with Crippen molar-refractivity contribution >= 4 is 5.78 Å². The summed E-state index contributed by atoms with van der Waals surface area (Å²) in [4.78, 5) is 10.9. The Balaban J connectivity index is 2.09. The average Bonchev–Trinajstić information content (AvgIpc) is 2.46. The summed E-state index contributed by atoms with van der Waals surface area (Å²) in [5, 5.41) is 3.20. The van der Waals surface area contributed by atoms with Crippen molar-refractivity contribution < 1.29 is 9.53 Å². The van der Waals surface area contributed by atoms with Crippen LogP contribution >= 0.6 is 0 Å². The van der Waals surface area contributed by atoms with E-state index in [1.165, 1.54) is 0 Å². The van der Waals surface area contributed by atoms with Crippen molar-refractivity contribution in [3.63, 3.8) is 0 Å². The van der Waals surface area contributed by atoms with Crippen LogP contribution in [0.4, 0.5) is 0 Å². The van der Waals surface area contributed by atoms with Crippen LogP contribution in [0.2, 0.25) is 0 Å². The van der Waals surface area contributed by atoms with E-state index in [9.17, 15) is 4.79 Å². The molecule has 0 aromatic heterocycles. The number of hydrogen-bond acceptors (Lipinski definition) is 3. The molecule has 1 spiro atoms. The molecule has 0 saturated carbocycles. The maximum Gasteiger partial charge on any atom is 0.161 e. The molecule has 3 nitrogen and oxygen atoms in total. The van der Waals surface area contributed by atoms with Crippen LogP contribution in [0.3, 0.4) is 0 Å². The van der Waals surface area contributed by atoms with Crippen LogP contribution in [0.25, 0.3) is 0 Å². The first-order chi connectivity index (χ1) is 4.81. The summed E-state index contributed by atoms with van der Waals surface area (Å²) in [7, 11) is 0. The summed E-state index contributed by atoms with van der Waals surface area (Å²) in [6.07, 6.45) is 1.62. The number of ether oxygens (including phenoxy) is 1. The molecule has 0 radical (unpaired) electrons. The average molecular weight is 141 g/mol. The molecule has 1 N–H and O–H groups in total. The number of carbonyl (C=O) groups excluding carboxylic acids is 1. The van der Waals surface area contributed by atoms with Crippen molar-refractivity contribution in [1.82, 2.24) is 5.32 Å². The Morgan fingerprint density at radius 2 is 2.50 bits per heavy atom. The standard InChI is InChI=1S/C7H11NO2/c9-6-3-7(10-4-6)1-2-8-5-7/h8H,1-5H2. The van der Waals surface area contributed by atoms with Crippen LogP contribution in [0, 0.1) is 0 Å². The molecule has 3 heteroatoms. The first-order valence-corrected chi connectivity index (χ1v) is 3.67. The molecule has 2 fully saturated rings. The van der Waals surface area contributed by atoms with Gasteiger partial charge in [0.15, 0.2) is 5.78 Å². The molecule has 0 aromatic carbocycles. The third-order valence-corrected chi connectivity index (χ3v) is 2.26. The summed E-state index contributed by atoms with van der Waals surface area (Å²) >= 11 is 0. The topological polar surface area (TPSA) is 38.3 Å². The number of nitrogens with one attached hydrogen (secondary N) is 1. The number of carbonyl (C=O) groups is 1. The first-order valence-electron chi connectivity index (χ1n) is 3.67. The smallest absolute Gasteiger partial charge is 0.161 e. The lowest BCUT2D eigenvalue weighted by atomic mass is 9.99. The van der Waals surface area contributed by atoms with Gasteiger partial charge in [-0.3, -0.25) is 4.79 Å². The molecule has 0 aliphatic carbocycles. The van der Waals surface area contributed by atoms with E-state index in [-0.39, 0.29) is 11.4 Å². The summed E-state index contributed by atoms with van der Waals surface area (Å²) in [6.45, 7) is 2.19. The van der Waals surface area contributed by atoms with Gasteiger partial charge in [0.2, 0.25) is 0 Å². The minimum absolute atomic E-state index is 0.100. The quantitative estimate of drug-likeness (QED) is 0.503. The van der Waals surface area contributed by atoms with Crippen molar-refractivity contribution in [3.05, 3.63) is 0 Å². The van der Waals surface area contributed by atoms with Gasteiger partial charge in [0.1, 0.15) is 6.61 Å². The molecule has 2 heterocycles. The highest BCUT2D eigenvalue weighted by atomic mass is 16.5. The third kappa shape index (κ3) is 0.859. The maximum atomic E-state index is 10.9. The van der Waals surface area contributed by atoms with Gasteiger partial charge in [-0.2, -0.15) is 0 Å². The number of rotatable bonds is 0. The van der Waals surface area contributed by atoms with E-state index in [2.05, 4.69) is 5.32 Å². The van der Waals surface area contributed by atoms with Gasteiger partial charge in [-0.05, 0) is 13.0 Å². The van der Waals surface area contributed by atoms with Gasteiger partial charge in [0.05, 0.1) is 5.60 Å². The Kier molecular flexibility index (Phi) is 1.28. The lowest BCUT2D eigenvalue weighted by molar-refractivity contribution is -0.117. The molecule has 0 bridgehead atoms. The van der Waals surface area contributed by atoms with E-state index >= 15 is 0 Å². The molecule has 0 amide bonds. The largest absolute Gasteiger partial charge is 0.365 e. The Labute approximate surface area is 59.7 Å². The molecule has 1 unspecified atom stereocenters. The minimum atomic E-state index is -0.100. The van der Waals surface area contributed by atoms with Crippen molar-refractivity contribution in [2.75, 3.05) is 19.7 Å². The van der Waals surface area contributed by atoms with E-state index in [0.717, 1.165) is 19.5 Å². The summed E-state index contributed by atoms with van der Waals surface area (Å²) < 4.78 is 5.40. The van der Waals surface area contributed by atoms with Crippen molar-refractivity contribution in [2.24, 2.45) is 0 Å². The van der Waals surface area contributed by atoms with Crippen LogP contribution < -0.4 is 5.32 Å². The molecular weight excluding hydrogens is 130 g/mol. The monoisotopic (exact) mass is 141 g/mol. The molecule has 10 heavy (non-hydrogen) atoms. The van der Waals surface area contributed by atoms with Gasteiger partial charge in [0.25, 0.3) is 0 Å². The fraction of sp³-hybridized carbons (Fsp3) is 0.857. The van der Waals surface area contributed by atoms with Crippen LogP contribution in [-0.2, 0) is 9.53 Å². The molecule has 2 saturated heterocycles. The predicted molar refractivity (Wildman–Crippen MR) is 35.8 cm³/mol. The summed E-state index contributed by atoms with van der Waals surface area (Å²) in [6, 6.07) is 0. The van der Waals surface area contributed by atoms with Crippen molar-refractivity contribution in [1.29, 1.82) is 0 Å². The molecule has 0 aromatic rings. The molecule has 2 rings (SSSR count). The van der Waals surface area contributed by atoms with Crippen molar-refractivity contribution in [2.45, 2.75) is 18.4 Å². The fourth-order valence-corrected chi connectivity index (χ4v) is 1.69. The minimum Gasteiger partial charge on any atom is -0.365 e. The molecule has 56 valence electrons. The highest BCUT2D eigenvalue weighted by Crippen LogP contribution is 2.28. The van der Waals surface area contributed by atoms with Gasteiger partial charge >= 0.3 is 0 Å². The van der Waals surface area contributed by atoms with E-state index in [0.29, 0.717) is 13.0 Å². The first kappa shape index (κ1) is 6.31. The Morgan fingerprint density at radius 3 is 3.00 bits per heavy atom. The van der Waals surface area contributed by atoms with Crippen LogP contribution in [0.15, 0.2) is 0 Å². The summed E-state index contributed by atoms with van der Waals surface area (Å²) in [5.41, 5.74) is -0.100. The van der Waals surface area contributed by atoms with Gasteiger partial charge < -0.3 is 10.1 Å². The predicted octanol–water partition coefficient (Wildman–Crippen LogP) is -0.292. The molecule has 2 aliphatic heterocycles. The van der Waals surface area contributed by atoms with E-state index < -0.39 is 0 Å². The lowest BCUT2D eigenvalue weighted by Gasteiger charge is -2.18. The normalized spacial score (nSPS) is 39.8. The molecular formula is C7H11NO2. The van der Waals surface area contributed by atoms with Crippen LogP contribution in [0.1, 0.15) is 12.8 Å². The fourth-order valence-electron chi connectivity index (χ4n) is 1.69. The van der Waals surface area contributed by atoms with Gasteiger partial charge in [-0.1, -0.05) is 0 Å². The van der Waals surface area contributed by atoms with Crippen LogP contribution in [-0.4, -0.2) is 31.1 Å². The Bertz CT molecular complexity index is 161. The molecule has 1 atom stereocenters. The highest BCUT2D eigenvalue weighted by Gasteiger charge is 2.41. The Hall–Kier alpha value is -0.410. The third-order valence-electron chi connectivity index (χ3n) is 2.26. The second kappa shape index (κ2) is 2.04.